The van der Waals surface area contributed by atoms with E-state index in [2.05, 4.69) is 0 Å². The van der Waals surface area contributed by atoms with Gasteiger partial charge in [0.05, 0.1) is 11.6 Å². The van der Waals surface area contributed by atoms with Crippen LogP contribution in [0.2, 0.25) is 0 Å². The minimum atomic E-state index is -0.880. The number of halogens is 1. The largest absolute Gasteiger partial charge is 0.480 e. The lowest BCUT2D eigenvalue weighted by Gasteiger charge is -2.34. The predicted octanol–water partition coefficient (Wildman–Crippen LogP) is 2.92. The molecule has 21 heavy (non-hydrogen) atoms. The average molecular weight is 290 g/mol. The molecule has 0 spiro atoms. The Morgan fingerprint density at radius 2 is 2.33 bits per heavy atom. The maximum Gasteiger partial charge on any atom is 0.324 e. The van der Waals surface area contributed by atoms with Gasteiger partial charge in [0.25, 0.3) is 0 Å². The van der Waals surface area contributed by atoms with Crippen molar-refractivity contribution in [2.24, 2.45) is 0 Å². The summed E-state index contributed by atoms with van der Waals surface area (Å²) in [6, 6.07) is 6.24. The molecule has 2 rings (SSSR count). The van der Waals surface area contributed by atoms with E-state index in [0.717, 1.165) is 12.8 Å². The second-order valence-corrected chi connectivity index (χ2v) is 5.53. The normalized spacial score (nSPS) is 22.1. The Bertz CT molecular complexity index is 582. The van der Waals surface area contributed by atoms with Gasteiger partial charge in [0.15, 0.2) is 0 Å². The Hall–Kier alpha value is -1.93. The van der Waals surface area contributed by atoms with Crippen LogP contribution in [0.25, 0.3) is 0 Å². The first-order chi connectivity index (χ1) is 10.0. The third-order valence-corrected chi connectivity index (χ3v) is 4.23. The highest BCUT2D eigenvalue weighted by atomic mass is 19.1. The van der Waals surface area contributed by atoms with Crippen molar-refractivity contribution in [3.63, 3.8) is 0 Å². The quantitative estimate of drug-likeness (QED) is 0.905. The lowest BCUT2D eigenvalue weighted by atomic mass is 9.90. The molecule has 1 fully saturated rings. The molecular formula is C16H19FN2O2. The standard InChI is InChI=1S/C16H19FN2O2/c1-2-6-16(15(20)21)7-3-8-19(16)11-13-5-4-12(10-18)9-14(13)17/h4-5,9H,2-3,6-8,11H2,1H3,(H,20,21). The average Bonchev–Trinajstić information content (AvgIpc) is 2.85. The minimum absolute atomic E-state index is 0.268. The third kappa shape index (κ3) is 2.91. The summed E-state index contributed by atoms with van der Waals surface area (Å²) in [6.07, 6.45) is 2.76. The van der Waals surface area contributed by atoms with Gasteiger partial charge >= 0.3 is 5.97 Å². The fourth-order valence-corrected chi connectivity index (χ4v) is 3.16. The summed E-state index contributed by atoms with van der Waals surface area (Å²) in [6.45, 7) is 2.89. The van der Waals surface area contributed by atoms with Crippen LogP contribution >= 0.6 is 0 Å². The van der Waals surface area contributed by atoms with Crippen molar-refractivity contribution in [1.82, 2.24) is 4.90 Å². The van der Waals surface area contributed by atoms with Gasteiger partial charge in [-0.05, 0) is 37.9 Å². The summed E-state index contributed by atoms with van der Waals surface area (Å²) in [5.41, 5.74) is -0.164. The topological polar surface area (TPSA) is 64.3 Å². The molecule has 1 aromatic carbocycles. The van der Waals surface area contributed by atoms with Crippen molar-refractivity contribution in [1.29, 1.82) is 5.26 Å². The second-order valence-electron chi connectivity index (χ2n) is 5.53. The molecule has 1 aromatic rings. The van der Waals surface area contributed by atoms with E-state index in [-0.39, 0.29) is 12.1 Å². The van der Waals surface area contributed by atoms with Crippen LogP contribution < -0.4 is 0 Å². The molecule has 112 valence electrons. The molecule has 1 unspecified atom stereocenters. The summed E-state index contributed by atoms with van der Waals surface area (Å²) in [7, 11) is 0. The number of carbonyl (C=O) groups is 1. The van der Waals surface area contributed by atoms with Crippen molar-refractivity contribution >= 4 is 5.97 Å². The molecule has 1 atom stereocenters. The summed E-state index contributed by atoms with van der Waals surface area (Å²) in [4.78, 5) is 13.6. The molecule has 1 heterocycles. The first-order valence-corrected chi connectivity index (χ1v) is 7.20. The zero-order valence-electron chi connectivity index (χ0n) is 12.1. The summed E-state index contributed by atoms with van der Waals surface area (Å²) < 4.78 is 14.0. The summed E-state index contributed by atoms with van der Waals surface area (Å²) >= 11 is 0. The zero-order valence-corrected chi connectivity index (χ0v) is 12.1. The zero-order chi connectivity index (χ0) is 15.5. The van der Waals surface area contributed by atoms with Gasteiger partial charge in [0.1, 0.15) is 11.4 Å². The lowest BCUT2D eigenvalue weighted by Crippen LogP contribution is -2.50. The predicted molar refractivity (Wildman–Crippen MR) is 76.0 cm³/mol. The van der Waals surface area contributed by atoms with Crippen LogP contribution in [-0.4, -0.2) is 28.1 Å². The van der Waals surface area contributed by atoms with Gasteiger partial charge in [-0.2, -0.15) is 5.26 Å². The number of carboxylic acid groups (broad SMARTS) is 1. The van der Waals surface area contributed by atoms with E-state index < -0.39 is 17.3 Å². The Morgan fingerprint density at radius 1 is 1.57 bits per heavy atom. The molecule has 5 heteroatoms. The first-order valence-electron chi connectivity index (χ1n) is 7.20. The summed E-state index contributed by atoms with van der Waals surface area (Å²) in [5, 5.41) is 18.4. The molecule has 0 radical (unpaired) electrons. The molecule has 1 aliphatic heterocycles. The Morgan fingerprint density at radius 3 is 2.90 bits per heavy atom. The number of hydrogen-bond acceptors (Lipinski definition) is 3. The van der Waals surface area contributed by atoms with Gasteiger partial charge in [0, 0.05) is 12.1 Å². The maximum atomic E-state index is 14.0. The second kappa shape index (κ2) is 6.23. The van der Waals surface area contributed by atoms with Crippen molar-refractivity contribution in [3.05, 3.63) is 35.1 Å². The van der Waals surface area contributed by atoms with E-state index in [1.54, 1.807) is 12.1 Å². The summed E-state index contributed by atoms with van der Waals surface area (Å²) in [5.74, 6) is -1.27. The fraction of sp³-hybridized carbons (Fsp3) is 0.500. The fourth-order valence-electron chi connectivity index (χ4n) is 3.16. The van der Waals surface area contributed by atoms with E-state index in [1.165, 1.54) is 6.07 Å². The van der Waals surface area contributed by atoms with Gasteiger partial charge in [-0.15, -0.1) is 0 Å². The number of rotatable bonds is 5. The maximum absolute atomic E-state index is 14.0. The van der Waals surface area contributed by atoms with E-state index in [9.17, 15) is 14.3 Å². The molecule has 0 saturated carbocycles. The molecular weight excluding hydrogens is 271 g/mol. The van der Waals surface area contributed by atoms with Gasteiger partial charge < -0.3 is 5.11 Å². The van der Waals surface area contributed by atoms with Crippen molar-refractivity contribution in [2.45, 2.75) is 44.7 Å². The van der Waals surface area contributed by atoms with Crippen molar-refractivity contribution in [2.75, 3.05) is 6.54 Å². The lowest BCUT2D eigenvalue weighted by molar-refractivity contribution is -0.150. The molecule has 1 aliphatic rings. The van der Waals surface area contributed by atoms with Gasteiger partial charge in [0.2, 0.25) is 0 Å². The highest BCUT2D eigenvalue weighted by Gasteiger charge is 2.46. The molecule has 1 saturated heterocycles. The Balaban J connectivity index is 2.25. The highest BCUT2D eigenvalue weighted by molar-refractivity contribution is 5.79. The number of likely N-dealkylation sites (tertiary alicyclic amines) is 1. The van der Waals surface area contributed by atoms with Gasteiger partial charge in [-0.3, -0.25) is 9.69 Å². The number of aliphatic carboxylic acids is 1. The molecule has 0 aliphatic carbocycles. The molecule has 1 N–H and O–H groups in total. The third-order valence-electron chi connectivity index (χ3n) is 4.23. The first kappa shape index (κ1) is 15.5. The number of nitriles is 1. The van der Waals surface area contributed by atoms with Crippen molar-refractivity contribution in [3.8, 4) is 6.07 Å². The van der Waals surface area contributed by atoms with Crippen molar-refractivity contribution < 1.29 is 14.3 Å². The molecule has 0 amide bonds. The number of nitrogens with zero attached hydrogens (tertiary/aromatic N) is 2. The minimum Gasteiger partial charge on any atom is -0.480 e. The van der Waals surface area contributed by atoms with Crippen LogP contribution in [0.1, 0.15) is 43.7 Å². The molecule has 0 bridgehead atoms. The van der Waals surface area contributed by atoms with Crippen LogP contribution in [-0.2, 0) is 11.3 Å². The van der Waals surface area contributed by atoms with Crippen LogP contribution in [0, 0.1) is 17.1 Å². The smallest absolute Gasteiger partial charge is 0.324 e. The Kier molecular flexibility index (Phi) is 4.59. The number of benzene rings is 1. The van der Waals surface area contributed by atoms with Crippen LogP contribution in [0.4, 0.5) is 4.39 Å². The van der Waals surface area contributed by atoms with Gasteiger partial charge in [-0.25, -0.2) is 4.39 Å². The highest BCUT2D eigenvalue weighted by Crippen LogP contribution is 2.35. The van der Waals surface area contributed by atoms with Crippen LogP contribution in [0.5, 0.6) is 0 Å². The monoisotopic (exact) mass is 290 g/mol. The van der Waals surface area contributed by atoms with E-state index in [0.29, 0.717) is 24.9 Å². The van der Waals surface area contributed by atoms with E-state index >= 15 is 0 Å². The SMILES string of the molecule is CCCC1(C(=O)O)CCCN1Cc1ccc(C#N)cc1F. The number of carboxylic acids is 1. The van der Waals surface area contributed by atoms with Crippen LogP contribution in [0.3, 0.4) is 0 Å². The van der Waals surface area contributed by atoms with E-state index in [4.69, 9.17) is 5.26 Å². The Labute approximate surface area is 123 Å². The number of hydrogen-bond donors (Lipinski definition) is 1. The molecule has 4 nitrogen and oxygen atoms in total. The van der Waals surface area contributed by atoms with Gasteiger partial charge in [-0.1, -0.05) is 19.4 Å². The van der Waals surface area contributed by atoms with Crippen LogP contribution in [0.15, 0.2) is 18.2 Å². The van der Waals surface area contributed by atoms with E-state index in [1.807, 2.05) is 17.9 Å². The molecule has 0 aromatic heterocycles.